The summed E-state index contributed by atoms with van der Waals surface area (Å²) in [6.07, 6.45) is 0. The topological polar surface area (TPSA) is 51.8 Å². The molecular weight excluding hydrogens is 294 g/mol. The van der Waals surface area contributed by atoms with Crippen molar-refractivity contribution >= 4 is 28.3 Å². The van der Waals surface area contributed by atoms with Crippen molar-refractivity contribution in [2.24, 2.45) is 0 Å². The van der Waals surface area contributed by atoms with E-state index in [-0.39, 0.29) is 5.28 Å². The summed E-state index contributed by atoms with van der Waals surface area (Å²) in [4.78, 5) is 8.39. The predicted octanol–water partition coefficient (Wildman–Crippen LogP) is 5.18. The Kier molecular flexibility index (Phi) is 4.99. The number of nitrogens with two attached hydrogens (primary N) is 1. The molecule has 3 nitrogen and oxygen atoms in total. The second-order valence-corrected chi connectivity index (χ2v) is 5.17. The van der Waals surface area contributed by atoms with E-state index < -0.39 is 0 Å². The van der Waals surface area contributed by atoms with Gasteiger partial charge in [0.25, 0.3) is 0 Å². The van der Waals surface area contributed by atoms with Crippen LogP contribution in [-0.2, 0) is 0 Å². The Morgan fingerprint density at radius 3 is 2.27 bits per heavy atom. The minimum atomic E-state index is 0.178. The summed E-state index contributed by atoms with van der Waals surface area (Å²) in [6, 6.07) is 12.1. The smallest absolute Gasteiger partial charge is 0.224 e. The van der Waals surface area contributed by atoms with Crippen molar-refractivity contribution in [1.82, 2.24) is 9.97 Å². The number of aryl methyl sites for hydroxylation is 1. The third kappa shape index (κ3) is 2.90. The molecule has 22 heavy (non-hydrogen) atoms. The summed E-state index contributed by atoms with van der Waals surface area (Å²) < 4.78 is 0. The van der Waals surface area contributed by atoms with Gasteiger partial charge in [0.2, 0.25) is 5.28 Å². The molecule has 0 radical (unpaired) electrons. The van der Waals surface area contributed by atoms with E-state index in [2.05, 4.69) is 35.9 Å². The van der Waals surface area contributed by atoms with Gasteiger partial charge in [0.15, 0.2) is 0 Å². The van der Waals surface area contributed by atoms with Crippen molar-refractivity contribution in [3.05, 3.63) is 52.8 Å². The van der Waals surface area contributed by atoms with E-state index in [1.54, 1.807) is 0 Å². The highest BCUT2D eigenvalue weighted by Crippen LogP contribution is 2.36. The Labute approximate surface area is 136 Å². The zero-order valence-electron chi connectivity index (χ0n) is 13.3. The van der Waals surface area contributed by atoms with Gasteiger partial charge in [-0.2, -0.15) is 0 Å². The van der Waals surface area contributed by atoms with Gasteiger partial charge in [-0.1, -0.05) is 44.2 Å². The first-order valence-electron chi connectivity index (χ1n) is 7.36. The number of benzene rings is 2. The molecule has 114 valence electrons. The summed E-state index contributed by atoms with van der Waals surface area (Å²) in [5.41, 5.74) is 11.4. The lowest BCUT2D eigenvalue weighted by Crippen LogP contribution is -1.99. The molecule has 0 aliphatic carbocycles. The highest BCUT2D eigenvalue weighted by Gasteiger charge is 2.14. The third-order valence-corrected chi connectivity index (χ3v) is 3.74. The van der Waals surface area contributed by atoms with Gasteiger partial charge in [-0.25, -0.2) is 9.97 Å². The molecule has 0 atom stereocenters. The van der Waals surface area contributed by atoms with Crippen LogP contribution < -0.4 is 5.73 Å². The number of aromatic nitrogens is 2. The van der Waals surface area contributed by atoms with Crippen molar-refractivity contribution in [3.63, 3.8) is 0 Å². The summed E-state index contributed by atoms with van der Waals surface area (Å²) in [7, 11) is 0. The summed E-state index contributed by atoms with van der Waals surface area (Å²) in [6.45, 7) is 8.15. The molecule has 0 spiro atoms. The summed E-state index contributed by atoms with van der Waals surface area (Å²) in [5, 5.41) is 1.04. The lowest BCUT2D eigenvalue weighted by molar-refractivity contribution is 1.22. The Balaban J connectivity index is 0.000000847. The van der Waals surface area contributed by atoms with Crippen molar-refractivity contribution in [2.45, 2.75) is 27.7 Å². The molecule has 3 rings (SSSR count). The molecule has 0 fully saturated rings. The van der Waals surface area contributed by atoms with E-state index >= 15 is 0 Å². The molecule has 0 saturated heterocycles. The highest BCUT2D eigenvalue weighted by atomic mass is 35.5. The fourth-order valence-electron chi connectivity index (χ4n) is 2.49. The molecule has 2 N–H and O–H groups in total. The van der Waals surface area contributed by atoms with Crippen LogP contribution in [0.3, 0.4) is 0 Å². The molecule has 0 aliphatic rings. The third-order valence-electron chi connectivity index (χ3n) is 3.57. The van der Waals surface area contributed by atoms with Gasteiger partial charge < -0.3 is 5.73 Å². The van der Waals surface area contributed by atoms with E-state index in [0.717, 1.165) is 27.6 Å². The Hall–Kier alpha value is -2.13. The molecule has 0 saturated carbocycles. The largest absolute Gasteiger partial charge is 0.383 e. The van der Waals surface area contributed by atoms with Crippen LogP contribution in [0.2, 0.25) is 5.28 Å². The van der Waals surface area contributed by atoms with Crippen LogP contribution >= 0.6 is 11.6 Å². The van der Waals surface area contributed by atoms with Crippen molar-refractivity contribution in [1.29, 1.82) is 0 Å². The predicted molar refractivity (Wildman–Crippen MR) is 95.2 cm³/mol. The van der Waals surface area contributed by atoms with E-state index in [1.165, 1.54) is 5.56 Å². The Morgan fingerprint density at radius 1 is 1.00 bits per heavy atom. The summed E-state index contributed by atoms with van der Waals surface area (Å²) in [5.74, 6) is 0.418. The molecule has 0 aliphatic heterocycles. The molecule has 3 aromatic rings. The molecule has 0 amide bonds. The lowest BCUT2D eigenvalue weighted by Gasteiger charge is -2.14. The zero-order chi connectivity index (χ0) is 16.3. The SMILES string of the molecule is CC.Cc1cc2nc(Cl)nc(N)c2c(-c2ccccc2)c1C. The van der Waals surface area contributed by atoms with E-state index in [0.29, 0.717) is 5.82 Å². The molecule has 0 unspecified atom stereocenters. The number of anilines is 1. The molecule has 2 aromatic carbocycles. The fourth-order valence-corrected chi connectivity index (χ4v) is 2.67. The second-order valence-electron chi connectivity index (χ2n) is 4.83. The lowest BCUT2D eigenvalue weighted by atomic mass is 9.93. The van der Waals surface area contributed by atoms with Crippen molar-refractivity contribution in [2.75, 3.05) is 5.73 Å². The normalized spacial score (nSPS) is 10.2. The minimum absolute atomic E-state index is 0.178. The van der Waals surface area contributed by atoms with Crippen LogP contribution in [0.5, 0.6) is 0 Å². The zero-order valence-corrected chi connectivity index (χ0v) is 14.1. The van der Waals surface area contributed by atoms with Crippen LogP contribution in [0.4, 0.5) is 5.82 Å². The number of fused-ring (bicyclic) bond motifs is 1. The van der Waals surface area contributed by atoms with Crippen molar-refractivity contribution in [3.8, 4) is 11.1 Å². The number of nitrogen functional groups attached to an aromatic ring is 1. The van der Waals surface area contributed by atoms with E-state index in [4.69, 9.17) is 17.3 Å². The van der Waals surface area contributed by atoms with Gasteiger partial charge >= 0.3 is 0 Å². The first-order valence-corrected chi connectivity index (χ1v) is 7.74. The first-order chi connectivity index (χ1) is 10.6. The maximum absolute atomic E-state index is 6.08. The quantitative estimate of drug-likeness (QED) is 0.630. The highest BCUT2D eigenvalue weighted by molar-refractivity contribution is 6.29. The van der Waals surface area contributed by atoms with Gasteiger partial charge in [-0.15, -0.1) is 0 Å². The van der Waals surface area contributed by atoms with E-state index in [1.807, 2.05) is 38.1 Å². The maximum Gasteiger partial charge on any atom is 0.224 e. The molecule has 0 bridgehead atoms. The van der Waals surface area contributed by atoms with E-state index in [9.17, 15) is 0 Å². The van der Waals surface area contributed by atoms with Gasteiger partial charge in [0.1, 0.15) is 5.82 Å². The molecule has 1 aromatic heterocycles. The number of rotatable bonds is 1. The Morgan fingerprint density at radius 2 is 1.64 bits per heavy atom. The van der Waals surface area contributed by atoms with Crippen LogP contribution in [0.1, 0.15) is 25.0 Å². The van der Waals surface area contributed by atoms with Crippen molar-refractivity contribution < 1.29 is 0 Å². The first kappa shape index (κ1) is 16.2. The standard InChI is InChI=1S/C16H14ClN3.C2H6/c1-9-8-12-14(15(18)20-16(17)19-12)13(10(9)2)11-6-4-3-5-7-11;1-2/h3-8H,1-2H3,(H2,18,19,20);1-2H3. The van der Waals surface area contributed by atoms with Crippen LogP contribution in [-0.4, -0.2) is 9.97 Å². The second kappa shape index (κ2) is 6.75. The van der Waals surface area contributed by atoms with Gasteiger partial charge in [0.05, 0.1) is 10.9 Å². The van der Waals surface area contributed by atoms with Gasteiger partial charge in [0, 0.05) is 0 Å². The maximum atomic E-state index is 6.08. The van der Waals surface area contributed by atoms with Gasteiger partial charge in [-0.3, -0.25) is 0 Å². The number of nitrogens with zero attached hydrogens (tertiary/aromatic N) is 2. The number of halogens is 1. The molecular formula is C18H20ClN3. The van der Waals surface area contributed by atoms with Crippen LogP contribution in [0, 0.1) is 13.8 Å². The number of hydrogen-bond donors (Lipinski definition) is 1. The van der Waals surface area contributed by atoms with Gasteiger partial charge in [-0.05, 0) is 53.8 Å². The number of hydrogen-bond acceptors (Lipinski definition) is 3. The average molecular weight is 314 g/mol. The monoisotopic (exact) mass is 313 g/mol. The average Bonchev–Trinajstić information content (AvgIpc) is 2.52. The molecule has 1 heterocycles. The minimum Gasteiger partial charge on any atom is -0.383 e. The fraction of sp³-hybridized carbons (Fsp3) is 0.222. The molecule has 4 heteroatoms. The van der Waals surface area contributed by atoms with Crippen LogP contribution in [0.15, 0.2) is 36.4 Å². The van der Waals surface area contributed by atoms with Crippen LogP contribution in [0.25, 0.3) is 22.0 Å². The summed E-state index contributed by atoms with van der Waals surface area (Å²) >= 11 is 5.91. The Bertz CT molecular complexity index is 799.